The van der Waals surface area contributed by atoms with Gasteiger partial charge in [0.1, 0.15) is 0 Å². The number of anilines is 6. The van der Waals surface area contributed by atoms with Gasteiger partial charge < -0.3 is 9.80 Å². The third kappa shape index (κ3) is 10.3. The molecule has 0 saturated carbocycles. The lowest BCUT2D eigenvalue weighted by Crippen LogP contribution is -2.35. The Morgan fingerprint density at radius 2 is 0.714 bits per heavy atom. The Morgan fingerprint density at radius 3 is 1.14 bits per heavy atom. The summed E-state index contributed by atoms with van der Waals surface area (Å²) in [5.41, 5.74) is 34.0. The lowest BCUT2D eigenvalue weighted by molar-refractivity contribution is 0.169. The molecule has 0 aliphatic heterocycles. The summed E-state index contributed by atoms with van der Waals surface area (Å²) < 4.78 is 0. The average molecular weight is 1440 g/mol. The number of benzene rings is 15. The first-order valence-electron chi connectivity index (χ1n) is 40.0. The molecule has 112 heavy (non-hydrogen) atoms. The van der Waals surface area contributed by atoms with E-state index in [2.05, 4.69) is 417 Å². The van der Waals surface area contributed by atoms with Crippen molar-refractivity contribution in [2.24, 2.45) is 10.8 Å². The van der Waals surface area contributed by atoms with Gasteiger partial charge in [0, 0.05) is 33.5 Å². The molecule has 540 valence electrons. The second-order valence-electron chi connectivity index (χ2n) is 34.3. The van der Waals surface area contributed by atoms with Crippen LogP contribution in [0.1, 0.15) is 133 Å². The van der Waals surface area contributed by atoms with E-state index in [-0.39, 0.29) is 16.2 Å². The topological polar surface area (TPSA) is 6.48 Å². The molecule has 1 spiro atoms. The summed E-state index contributed by atoms with van der Waals surface area (Å²) in [7, 11) is 0. The van der Waals surface area contributed by atoms with Crippen LogP contribution in [-0.4, -0.2) is 0 Å². The van der Waals surface area contributed by atoms with Crippen LogP contribution >= 0.6 is 0 Å². The van der Waals surface area contributed by atoms with E-state index in [1.165, 1.54) is 138 Å². The SMILES string of the molecule is C=Cc1ccc(CC2(C3=CCC(C)(C(C)(C)C)C=C3)c3ccccc3-c3ccc(N(c4ccc5c(c4)C4(c6ccccc6-5)c5ccccc5-c5ccc(N(c6ccc7c(c6)C(Cc6ccc(C=C)cc6)(c6ccc(C(C)(C)C)cc6)c6ccccc6-7)c6cccc7ccccc67)cc54)c4cccc5ccccc45)cc32)cc1. The lowest BCUT2D eigenvalue weighted by atomic mass is 9.60. The summed E-state index contributed by atoms with van der Waals surface area (Å²) in [5.74, 6) is 0. The molecule has 0 saturated heterocycles. The van der Waals surface area contributed by atoms with E-state index in [1.807, 2.05) is 12.2 Å². The van der Waals surface area contributed by atoms with Gasteiger partial charge in [-0.05, 0) is 235 Å². The zero-order chi connectivity index (χ0) is 76.0. The minimum atomic E-state index is -0.745. The molecule has 0 amide bonds. The molecular formula is C110H90N2. The molecule has 0 heterocycles. The van der Waals surface area contributed by atoms with Gasteiger partial charge in [-0.25, -0.2) is 0 Å². The fraction of sp³-hybridized carbons (Fsp3) is 0.145. The lowest BCUT2D eigenvalue weighted by Gasteiger charge is -2.43. The molecule has 4 unspecified atom stereocenters. The molecule has 2 nitrogen and oxygen atoms in total. The van der Waals surface area contributed by atoms with Crippen LogP contribution in [0.4, 0.5) is 34.1 Å². The van der Waals surface area contributed by atoms with Crippen LogP contribution in [0, 0.1) is 10.8 Å². The Morgan fingerprint density at radius 1 is 0.348 bits per heavy atom. The van der Waals surface area contributed by atoms with Gasteiger partial charge in [-0.2, -0.15) is 0 Å². The maximum atomic E-state index is 4.16. The molecule has 0 bridgehead atoms. The van der Waals surface area contributed by atoms with Crippen LogP contribution in [0.5, 0.6) is 0 Å². The van der Waals surface area contributed by atoms with E-state index in [0.717, 1.165) is 64.5 Å². The van der Waals surface area contributed by atoms with Crippen molar-refractivity contribution in [1.82, 2.24) is 0 Å². The first-order chi connectivity index (χ1) is 54.5. The second-order valence-corrected chi connectivity index (χ2v) is 34.3. The second kappa shape index (κ2) is 25.7. The van der Waals surface area contributed by atoms with E-state index in [1.54, 1.807) is 0 Å². The van der Waals surface area contributed by atoms with Gasteiger partial charge in [-0.15, -0.1) is 0 Å². The van der Waals surface area contributed by atoms with Gasteiger partial charge in [-0.1, -0.05) is 359 Å². The quantitative estimate of drug-likeness (QED) is 0.107. The van der Waals surface area contributed by atoms with Gasteiger partial charge in [0.25, 0.3) is 0 Å². The zero-order valence-electron chi connectivity index (χ0n) is 65.0. The fourth-order valence-corrected chi connectivity index (χ4v) is 20.3. The van der Waals surface area contributed by atoms with Crippen LogP contribution in [0.3, 0.4) is 0 Å². The van der Waals surface area contributed by atoms with Crippen molar-refractivity contribution in [1.29, 1.82) is 0 Å². The summed E-state index contributed by atoms with van der Waals surface area (Å²) >= 11 is 0. The minimum absolute atomic E-state index is 0.0189. The van der Waals surface area contributed by atoms with Crippen LogP contribution in [0.2, 0.25) is 0 Å². The first kappa shape index (κ1) is 68.6. The number of allylic oxidation sites excluding steroid dienone is 4. The highest BCUT2D eigenvalue weighted by atomic mass is 15.2. The summed E-state index contributed by atoms with van der Waals surface area (Å²) in [4.78, 5) is 5.18. The smallest absolute Gasteiger partial charge is 0.0727 e. The maximum Gasteiger partial charge on any atom is 0.0727 e. The summed E-state index contributed by atoms with van der Waals surface area (Å²) in [5, 5.41) is 4.74. The monoisotopic (exact) mass is 1440 g/mol. The van der Waals surface area contributed by atoms with E-state index in [4.69, 9.17) is 0 Å². The zero-order valence-corrected chi connectivity index (χ0v) is 65.0. The molecule has 0 aromatic heterocycles. The molecule has 5 aliphatic rings. The summed E-state index contributed by atoms with van der Waals surface area (Å²) in [6.45, 7) is 24.9. The molecule has 5 aliphatic carbocycles. The standard InChI is InChI=1S/C110H90N2/c1-10-72-42-46-74(47-43-72)70-108(79-52-50-78(51-53-79)105(3,4)5)95-36-20-16-32-87(95)91-58-54-81(66-99(91)108)111(103-40-24-28-76-26-12-14-30-85(76)103)83-56-60-93-89-34-18-22-38-97(89)110(101(93)68-83)98-39-23-19-35-90(98)94-61-57-84(69-102(94)110)112(104-41-25-29-77-27-13-15-31-86(77)104)82-55-59-92-88-33-17-21-37-96(88)109(100(92)67-82,71-75-48-44-73(11-2)45-49-75)80-62-64-107(9,65-63-80)106(6,7)8/h10-64,66-69H,1-2,65,70-71H2,3-9H3. The fourth-order valence-electron chi connectivity index (χ4n) is 20.3. The minimum Gasteiger partial charge on any atom is -0.310 e. The van der Waals surface area contributed by atoms with Crippen LogP contribution in [-0.2, 0) is 34.5 Å². The molecule has 4 atom stereocenters. The highest BCUT2D eigenvalue weighted by molar-refractivity contribution is 6.04. The number of hydrogen-bond acceptors (Lipinski definition) is 2. The van der Waals surface area contributed by atoms with Gasteiger partial charge >= 0.3 is 0 Å². The van der Waals surface area contributed by atoms with Crippen molar-refractivity contribution in [2.75, 3.05) is 9.80 Å². The molecule has 20 rings (SSSR count). The van der Waals surface area contributed by atoms with Crippen molar-refractivity contribution in [3.05, 3.63) is 442 Å². The van der Waals surface area contributed by atoms with Crippen LogP contribution in [0.15, 0.2) is 365 Å². The van der Waals surface area contributed by atoms with E-state index < -0.39 is 16.2 Å². The molecule has 15 aromatic rings. The Bertz CT molecular complexity index is 6420. The first-order valence-corrected chi connectivity index (χ1v) is 40.0. The molecule has 0 N–H and O–H groups in total. The van der Waals surface area contributed by atoms with Gasteiger partial charge in [-0.3, -0.25) is 0 Å². The third-order valence-electron chi connectivity index (χ3n) is 26.6. The van der Waals surface area contributed by atoms with Crippen LogP contribution in [0.25, 0.3) is 78.2 Å². The molecule has 0 fully saturated rings. The highest BCUT2D eigenvalue weighted by Gasteiger charge is 2.54. The van der Waals surface area contributed by atoms with Gasteiger partial charge in [0.2, 0.25) is 0 Å². The van der Waals surface area contributed by atoms with Crippen molar-refractivity contribution in [3.63, 3.8) is 0 Å². The van der Waals surface area contributed by atoms with E-state index >= 15 is 0 Å². The van der Waals surface area contributed by atoms with Crippen molar-refractivity contribution in [2.45, 2.75) is 89.4 Å². The maximum absolute atomic E-state index is 4.16. The summed E-state index contributed by atoms with van der Waals surface area (Å²) in [6.07, 6.45) is 14.0. The van der Waals surface area contributed by atoms with Gasteiger partial charge in [0.15, 0.2) is 0 Å². The molecule has 15 aromatic carbocycles. The Kier molecular flexibility index (Phi) is 15.8. The Balaban J connectivity index is 0.809. The molecule has 2 heteroatoms. The summed E-state index contributed by atoms with van der Waals surface area (Å²) in [6, 6.07) is 126. The number of hydrogen-bond donors (Lipinski definition) is 0. The predicted molar refractivity (Wildman–Crippen MR) is 474 cm³/mol. The van der Waals surface area contributed by atoms with E-state index in [9.17, 15) is 0 Å². The third-order valence-corrected chi connectivity index (χ3v) is 26.6. The highest BCUT2D eigenvalue weighted by Crippen LogP contribution is 2.66. The largest absolute Gasteiger partial charge is 0.310 e. The molecule has 0 radical (unpaired) electrons. The van der Waals surface area contributed by atoms with Crippen molar-refractivity contribution < 1.29 is 0 Å². The normalized spacial score (nSPS) is 18.6. The number of rotatable bonds is 14. The van der Waals surface area contributed by atoms with Crippen LogP contribution < -0.4 is 9.80 Å². The van der Waals surface area contributed by atoms with Crippen molar-refractivity contribution in [3.8, 4) is 44.5 Å². The Hall–Kier alpha value is -12.6. The van der Waals surface area contributed by atoms with Crippen molar-refractivity contribution >= 4 is 67.8 Å². The molecular weight excluding hydrogens is 1350 g/mol. The predicted octanol–water partition coefficient (Wildman–Crippen LogP) is 28.9. The van der Waals surface area contributed by atoms with Gasteiger partial charge in [0.05, 0.1) is 27.6 Å². The Labute approximate surface area is 660 Å². The van der Waals surface area contributed by atoms with E-state index in [0.29, 0.717) is 0 Å². The average Bonchev–Trinajstić information content (AvgIpc) is 1.50. The number of nitrogens with zero attached hydrogens (tertiary/aromatic N) is 2. The number of fused-ring (bicyclic) bond motifs is 18.